The van der Waals surface area contributed by atoms with Gasteiger partial charge >= 0.3 is 0 Å². The van der Waals surface area contributed by atoms with Crippen LogP contribution in [0, 0.1) is 0 Å². The first-order valence-electron chi connectivity index (χ1n) is 7.53. The Morgan fingerprint density at radius 3 is 2.89 bits per heavy atom. The largest absolute Gasteiger partial charge is 0.383 e. The number of methoxy groups -OCH3 is 1. The molecule has 2 fully saturated rings. The molecule has 2 rings (SSSR count). The summed E-state index contributed by atoms with van der Waals surface area (Å²) in [6, 6.07) is 1.34. The van der Waals surface area contributed by atoms with Crippen LogP contribution in [0.1, 0.15) is 26.2 Å². The van der Waals surface area contributed by atoms with Crippen molar-refractivity contribution in [3.05, 3.63) is 0 Å². The van der Waals surface area contributed by atoms with Crippen molar-refractivity contribution in [2.45, 2.75) is 38.3 Å². The molecule has 0 spiro atoms. The van der Waals surface area contributed by atoms with E-state index < -0.39 is 0 Å². The fourth-order valence-electron chi connectivity index (χ4n) is 3.36. The molecule has 18 heavy (non-hydrogen) atoms. The van der Waals surface area contributed by atoms with Gasteiger partial charge in [-0.2, -0.15) is 0 Å². The molecule has 106 valence electrons. The van der Waals surface area contributed by atoms with Crippen LogP contribution in [0.2, 0.25) is 0 Å². The van der Waals surface area contributed by atoms with Crippen LogP contribution in [0.3, 0.4) is 0 Å². The van der Waals surface area contributed by atoms with Gasteiger partial charge in [0.05, 0.1) is 6.61 Å². The minimum atomic E-state index is 0.537. The minimum Gasteiger partial charge on any atom is -0.383 e. The zero-order chi connectivity index (χ0) is 12.8. The average molecular weight is 255 g/mol. The van der Waals surface area contributed by atoms with Gasteiger partial charge in [0.15, 0.2) is 0 Å². The summed E-state index contributed by atoms with van der Waals surface area (Å²) in [7, 11) is 1.82. The molecule has 2 heterocycles. The second kappa shape index (κ2) is 7.43. The predicted octanol–water partition coefficient (Wildman–Crippen LogP) is 0.781. The Labute approximate surface area is 112 Å². The highest BCUT2D eigenvalue weighted by molar-refractivity contribution is 4.87. The van der Waals surface area contributed by atoms with Crippen LogP contribution in [0.25, 0.3) is 0 Å². The molecule has 2 saturated heterocycles. The summed E-state index contributed by atoms with van der Waals surface area (Å²) in [6.07, 6.45) is 4.08. The standard InChI is InChI=1S/C14H29N3O/c1-3-15-10-14(12-18-2)17-9-5-8-16-7-4-6-13(16)11-17/h13-15H,3-12H2,1-2H3. The Morgan fingerprint density at radius 2 is 2.11 bits per heavy atom. The number of fused-ring (bicyclic) bond motifs is 1. The molecule has 0 aromatic rings. The molecule has 0 bridgehead atoms. The smallest absolute Gasteiger partial charge is 0.0630 e. The SMILES string of the molecule is CCNCC(COC)N1CCCN2CCCC2C1. The van der Waals surface area contributed by atoms with Crippen molar-refractivity contribution in [2.24, 2.45) is 0 Å². The third-order valence-electron chi connectivity index (χ3n) is 4.34. The van der Waals surface area contributed by atoms with Crippen molar-refractivity contribution >= 4 is 0 Å². The molecule has 0 aromatic carbocycles. The Morgan fingerprint density at radius 1 is 1.28 bits per heavy atom. The maximum absolute atomic E-state index is 5.41. The zero-order valence-corrected chi connectivity index (χ0v) is 12.0. The molecule has 0 saturated carbocycles. The molecule has 2 aliphatic rings. The van der Waals surface area contributed by atoms with Crippen molar-refractivity contribution < 1.29 is 4.74 Å². The van der Waals surface area contributed by atoms with Gasteiger partial charge in [-0.15, -0.1) is 0 Å². The first kappa shape index (κ1) is 14.3. The van der Waals surface area contributed by atoms with Gasteiger partial charge < -0.3 is 10.1 Å². The van der Waals surface area contributed by atoms with E-state index in [4.69, 9.17) is 4.74 Å². The van der Waals surface area contributed by atoms with Gasteiger partial charge in [0, 0.05) is 32.3 Å². The lowest BCUT2D eigenvalue weighted by molar-refractivity contribution is 0.0841. The van der Waals surface area contributed by atoms with E-state index in [1.165, 1.54) is 45.4 Å². The number of hydrogen-bond acceptors (Lipinski definition) is 4. The van der Waals surface area contributed by atoms with E-state index in [1.807, 2.05) is 7.11 Å². The monoisotopic (exact) mass is 255 g/mol. The number of likely N-dealkylation sites (N-methyl/N-ethyl adjacent to an activating group) is 1. The third-order valence-corrected chi connectivity index (χ3v) is 4.34. The molecule has 0 aromatic heterocycles. The summed E-state index contributed by atoms with van der Waals surface area (Å²) in [6.45, 7) is 10.2. The second-order valence-electron chi connectivity index (χ2n) is 5.60. The molecular formula is C14H29N3O. The van der Waals surface area contributed by atoms with Gasteiger partial charge in [-0.1, -0.05) is 6.92 Å². The first-order valence-corrected chi connectivity index (χ1v) is 7.53. The summed E-state index contributed by atoms with van der Waals surface area (Å²) in [5.41, 5.74) is 0. The highest BCUT2D eigenvalue weighted by Crippen LogP contribution is 2.22. The van der Waals surface area contributed by atoms with Crippen molar-refractivity contribution in [2.75, 3.05) is 53.0 Å². The van der Waals surface area contributed by atoms with Crippen LogP contribution in [-0.4, -0.2) is 74.9 Å². The average Bonchev–Trinajstić information content (AvgIpc) is 2.72. The first-order chi connectivity index (χ1) is 8.85. The number of rotatable bonds is 6. The third kappa shape index (κ3) is 3.67. The van der Waals surface area contributed by atoms with E-state index in [9.17, 15) is 0 Å². The summed E-state index contributed by atoms with van der Waals surface area (Å²) in [5.74, 6) is 0. The predicted molar refractivity (Wildman–Crippen MR) is 75.0 cm³/mol. The normalized spacial score (nSPS) is 28.0. The summed E-state index contributed by atoms with van der Waals surface area (Å²) < 4.78 is 5.41. The molecule has 4 nitrogen and oxygen atoms in total. The van der Waals surface area contributed by atoms with Crippen LogP contribution >= 0.6 is 0 Å². The van der Waals surface area contributed by atoms with Gasteiger partial charge in [-0.05, 0) is 45.4 Å². The van der Waals surface area contributed by atoms with Crippen molar-refractivity contribution in [3.63, 3.8) is 0 Å². The maximum Gasteiger partial charge on any atom is 0.0630 e. The Kier molecular flexibility index (Phi) is 5.89. The highest BCUT2D eigenvalue weighted by Gasteiger charge is 2.31. The second-order valence-corrected chi connectivity index (χ2v) is 5.60. The van der Waals surface area contributed by atoms with E-state index in [1.54, 1.807) is 0 Å². The van der Waals surface area contributed by atoms with Gasteiger partial charge in [-0.25, -0.2) is 0 Å². The molecule has 0 amide bonds. The molecule has 0 radical (unpaired) electrons. The van der Waals surface area contributed by atoms with Crippen LogP contribution in [0.15, 0.2) is 0 Å². The topological polar surface area (TPSA) is 27.7 Å². The minimum absolute atomic E-state index is 0.537. The van der Waals surface area contributed by atoms with E-state index in [0.717, 1.165) is 25.7 Å². The lowest BCUT2D eigenvalue weighted by Gasteiger charge is -2.32. The van der Waals surface area contributed by atoms with Gasteiger partial charge in [0.2, 0.25) is 0 Å². The van der Waals surface area contributed by atoms with Crippen LogP contribution in [-0.2, 0) is 4.74 Å². The molecule has 2 unspecified atom stereocenters. The molecule has 1 N–H and O–H groups in total. The van der Waals surface area contributed by atoms with Crippen molar-refractivity contribution in [1.82, 2.24) is 15.1 Å². The molecule has 4 heteroatoms. The van der Waals surface area contributed by atoms with Gasteiger partial charge in [-0.3, -0.25) is 9.80 Å². The zero-order valence-electron chi connectivity index (χ0n) is 12.0. The van der Waals surface area contributed by atoms with Gasteiger partial charge in [0.1, 0.15) is 0 Å². The summed E-state index contributed by atoms with van der Waals surface area (Å²) in [4.78, 5) is 5.35. The molecule has 0 aliphatic carbocycles. The van der Waals surface area contributed by atoms with E-state index in [0.29, 0.717) is 6.04 Å². The lowest BCUT2D eigenvalue weighted by Crippen LogP contribution is -2.48. The number of ether oxygens (including phenoxy) is 1. The summed E-state index contributed by atoms with van der Waals surface area (Å²) >= 11 is 0. The fraction of sp³-hybridized carbons (Fsp3) is 1.00. The molecular weight excluding hydrogens is 226 g/mol. The highest BCUT2D eigenvalue weighted by atomic mass is 16.5. The van der Waals surface area contributed by atoms with Gasteiger partial charge in [0.25, 0.3) is 0 Å². The van der Waals surface area contributed by atoms with Crippen molar-refractivity contribution in [3.8, 4) is 0 Å². The summed E-state index contributed by atoms with van der Waals surface area (Å²) in [5, 5.41) is 3.48. The Hall–Kier alpha value is -0.160. The van der Waals surface area contributed by atoms with Crippen molar-refractivity contribution in [1.29, 1.82) is 0 Å². The number of hydrogen-bond donors (Lipinski definition) is 1. The Bertz CT molecular complexity index is 237. The van der Waals surface area contributed by atoms with Crippen LogP contribution in [0.4, 0.5) is 0 Å². The van der Waals surface area contributed by atoms with E-state index >= 15 is 0 Å². The number of nitrogens with one attached hydrogen (secondary N) is 1. The van der Waals surface area contributed by atoms with E-state index in [-0.39, 0.29) is 0 Å². The number of nitrogens with zero attached hydrogens (tertiary/aromatic N) is 2. The molecule has 2 aliphatic heterocycles. The lowest BCUT2D eigenvalue weighted by atomic mass is 10.1. The van der Waals surface area contributed by atoms with E-state index in [2.05, 4.69) is 22.0 Å². The Balaban J connectivity index is 1.91. The van der Waals surface area contributed by atoms with Crippen LogP contribution < -0.4 is 5.32 Å². The van der Waals surface area contributed by atoms with Crippen LogP contribution in [0.5, 0.6) is 0 Å². The molecule has 2 atom stereocenters. The fourth-order valence-corrected chi connectivity index (χ4v) is 3.36. The maximum atomic E-state index is 5.41. The quantitative estimate of drug-likeness (QED) is 0.759.